The van der Waals surface area contributed by atoms with E-state index in [1.807, 2.05) is 12.1 Å². The highest BCUT2D eigenvalue weighted by atomic mass is 127. The number of hydrogen-bond acceptors (Lipinski definition) is 4. The van der Waals surface area contributed by atoms with Crippen LogP contribution in [0, 0.1) is 17.6 Å². The van der Waals surface area contributed by atoms with Crippen LogP contribution >= 0.6 is 24.0 Å². The first-order valence-corrected chi connectivity index (χ1v) is 11.5. The Hall–Kier alpha value is -1.72. The largest absolute Gasteiger partial charge is 0.469 e. The number of benzene rings is 1. The van der Waals surface area contributed by atoms with Crippen molar-refractivity contribution in [1.29, 1.82) is 0 Å². The summed E-state index contributed by atoms with van der Waals surface area (Å²) in [5.74, 6) is 0.686. The first-order chi connectivity index (χ1) is 15.7. The lowest BCUT2D eigenvalue weighted by molar-refractivity contribution is 0.187. The number of furan rings is 1. The molecule has 2 aliphatic heterocycles. The Morgan fingerprint density at radius 2 is 1.97 bits per heavy atom. The van der Waals surface area contributed by atoms with Crippen LogP contribution in [0.25, 0.3) is 0 Å². The van der Waals surface area contributed by atoms with E-state index in [-0.39, 0.29) is 24.0 Å². The molecule has 0 aliphatic carbocycles. The van der Waals surface area contributed by atoms with Crippen molar-refractivity contribution in [1.82, 2.24) is 15.5 Å². The van der Waals surface area contributed by atoms with E-state index in [9.17, 15) is 8.78 Å². The van der Waals surface area contributed by atoms with Gasteiger partial charge >= 0.3 is 0 Å². The molecule has 2 saturated heterocycles. The fraction of sp³-hybridized carbons (Fsp3) is 0.542. The van der Waals surface area contributed by atoms with Crippen LogP contribution in [0.4, 0.5) is 8.78 Å². The average Bonchev–Trinajstić information content (AvgIpc) is 3.50. The first-order valence-electron chi connectivity index (χ1n) is 11.5. The maximum absolute atomic E-state index is 13.5. The molecule has 9 heteroatoms. The van der Waals surface area contributed by atoms with Crippen LogP contribution in [0.15, 0.2) is 46.0 Å². The Kier molecular flexibility index (Phi) is 10.4. The minimum Gasteiger partial charge on any atom is -0.469 e. The maximum Gasteiger partial charge on any atom is 0.191 e. The van der Waals surface area contributed by atoms with Gasteiger partial charge in [-0.05, 0) is 49.1 Å². The van der Waals surface area contributed by atoms with Crippen molar-refractivity contribution in [2.75, 3.05) is 39.4 Å². The molecule has 0 spiro atoms. The van der Waals surface area contributed by atoms with Gasteiger partial charge in [-0.25, -0.2) is 8.78 Å². The predicted molar refractivity (Wildman–Crippen MR) is 135 cm³/mol. The number of rotatable bonds is 8. The molecule has 6 nitrogen and oxygen atoms in total. The number of aliphatic imine (C=N–C) groups is 1. The molecule has 182 valence electrons. The van der Waals surface area contributed by atoms with Gasteiger partial charge in [0.05, 0.1) is 12.9 Å². The topological polar surface area (TPSA) is 62.0 Å². The van der Waals surface area contributed by atoms with Gasteiger partial charge in [-0.1, -0.05) is 6.07 Å². The van der Waals surface area contributed by atoms with Crippen LogP contribution in [-0.2, 0) is 17.7 Å². The SMILES string of the molecule is Fc1ccc(CN2CCC(NC(=NCC3CCOC3)NCCc3ccco3)CC2)cc1F.I. The van der Waals surface area contributed by atoms with E-state index in [0.717, 1.165) is 82.4 Å². The van der Waals surface area contributed by atoms with Gasteiger partial charge in [0, 0.05) is 57.7 Å². The molecule has 1 atom stereocenters. The summed E-state index contributed by atoms with van der Waals surface area (Å²) in [6.07, 6.45) is 5.49. The van der Waals surface area contributed by atoms with Gasteiger partial charge in [0.25, 0.3) is 0 Å². The van der Waals surface area contributed by atoms with Gasteiger partial charge in [0.2, 0.25) is 0 Å². The maximum atomic E-state index is 13.5. The lowest BCUT2D eigenvalue weighted by Crippen LogP contribution is -2.49. The molecule has 1 aromatic heterocycles. The minimum atomic E-state index is -0.799. The number of guanidine groups is 1. The monoisotopic (exact) mass is 574 g/mol. The normalized spacial score (nSPS) is 19.9. The highest BCUT2D eigenvalue weighted by Crippen LogP contribution is 2.16. The summed E-state index contributed by atoms with van der Waals surface area (Å²) in [5.41, 5.74) is 0.802. The molecule has 2 N–H and O–H groups in total. The number of ether oxygens (including phenoxy) is 1. The fourth-order valence-corrected chi connectivity index (χ4v) is 4.18. The lowest BCUT2D eigenvalue weighted by atomic mass is 10.0. The van der Waals surface area contributed by atoms with Crippen LogP contribution in [0.2, 0.25) is 0 Å². The van der Waals surface area contributed by atoms with Gasteiger partial charge in [0.1, 0.15) is 5.76 Å². The van der Waals surface area contributed by atoms with E-state index >= 15 is 0 Å². The first kappa shape index (κ1) is 25.9. The number of hydrogen-bond donors (Lipinski definition) is 2. The van der Waals surface area contributed by atoms with E-state index in [2.05, 4.69) is 15.5 Å². The summed E-state index contributed by atoms with van der Waals surface area (Å²) in [4.78, 5) is 7.10. The van der Waals surface area contributed by atoms with Crippen LogP contribution in [0.5, 0.6) is 0 Å². The molecule has 3 heterocycles. The summed E-state index contributed by atoms with van der Waals surface area (Å²) in [6.45, 7) is 5.53. The number of likely N-dealkylation sites (tertiary alicyclic amines) is 1. The Morgan fingerprint density at radius 1 is 1.12 bits per heavy atom. The summed E-state index contributed by atoms with van der Waals surface area (Å²) in [5, 5.41) is 7.03. The third-order valence-electron chi connectivity index (χ3n) is 6.09. The Morgan fingerprint density at radius 3 is 2.67 bits per heavy atom. The smallest absolute Gasteiger partial charge is 0.191 e. The molecule has 4 rings (SSSR count). The standard InChI is InChI=1S/C24H32F2N4O2.HI/c25-22-4-3-18(14-23(22)26)16-30-10-6-20(7-11-30)29-24(28-15-19-8-13-31-17-19)27-9-5-21-2-1-12-32-21;/h1-4,12,14,19-20H,5-11,13,15-17H2,(H2,27,28,29);1H. The fourth-order valence-electron chi connectivity index (χ4n) is 4.18. The van der Waals surface area contributed by atoms with E-state index in [1.165, 1.54) is 12.1 Å². The Balaban J connectivity index is 0.00000306. The summed E-state index contributed by atoms with van der Waals surface area (Å²) in [7, 11) is 0. The zero-order valence-electron chi connectivity index (χ0n) is 18.8. The quantitative estimate of drug-likeness (QED) is 0.284. The van der Waals surface area contributed by atoms with E-state index in [0.29, 0.717) is 18.5 Å². The van der Waals surface area contributed by atoms with E-state index in [1.54, 1.807) is 12.3 Å². The molecule has 0 radical (unpaired) electrons. The predicted octanol–water partition coefficient (Wildman–Crippen LogP) is 3.95. The van der Waals surface area contributed by atoms with Crippen molar-refractivity contribution in [3.8, 4) is 0 Å². The van der Waals surface area contributed by atoms with Gasteiger partial charge in [-0.3, -0.25) is 9.89 Å². The summed E-state index contributed by atoms with van der Waals surface area (Å²) in [6, 6.07) is 8.35. The van der Waals surface area contributed by atoms with E-state index < -0.39 is 11.6 Å². The number of nitrogens with one attached hydrogen (secondary N) is 2. The van der Waals surface area contributed by atoms with Crippen molar-refractivity contribution >= 4 is 29.9 Å². The molecule has 2 aliphatic rings. The van der Waals surface area contributed by atoms with Gasteiger partial charge in [-0.15, -0.1) is 24.0 Å². The van der Waals surface area contributed by atoms with Gasteiger partial charge in [-0.2, -0.15) is 0 Å². The lowest BCUT2D eigenvalue weighted by Gasteiger charge is -2.33. The molecule has 0 saturated carbocycles. The molecule has 2 aromatic rings. The third kappa shape index (κ3) is 8.22. The van der Waals surface area contributed by atoms with Crippen molar-refractivity contribution < 1.29 is 17.9 Å². The molecule has 33 heavy (non-hydrogen) atoms. The zero-order chi connectivity index (χ0) is 22.2. The number of halogens is 3. The van der Waals surface area contributed by atoms with E-state index in [4.69, 9.17) is 14.1 Å². The molecule has 0 bridgehead atoms. The van der Waals surface area contributed by atoms with Crippen LogP contribution in [0.3, 0.4) is 0 Å². The Labute approximate surface area is 211 Å². The molecule has 0 amide bonds. The van der Waals surface area contributed by atoms with Gasteiger partial charge in [0.15, 0.2) is 17.6 Å². The van der Waals surface area contributed by atoms with Crippen LogP contribution in [-0.4, -0.2) is 56.3 Å². The number of nitrogens with zero attached hydrogens (tertiary/aromatic N) is 2. The van der Waals surface area contributed by atoms with Crippen LogP contribution in [0.1, 0.15) is 30.6 Å². The third-order valence-corrected chi connectivity index (χ3v) is 6.09. The number of piperidine rings is 1. The summed E-state index contributed by atoms with van der Waals surface area (Å²) >= 11 is 0. The average molecular weight is 574 g/mol. The summed E-state index contributed by atoms with van der Waals surface area (Å²) < 4.78 is 37.5. The van der Waals surface area contributed by atoms with Crippen molar-refractivity contribution in [3.05, 3.63) is 59.6 Å². The zero-order valence-corrected chi connectivity index (χ0v) is 21.1. The molecular weight excluding hydrogens is 541 g/mol. The molecule has 1 aromatic carbocycles. The van der Waals surface area contributed by atoms with Gasteiger partial charge < -0.3 is 19.8 Å². The second-order valence-electron chi connectivity index (χ2n) is 8.62. The highest BCUT2D eigenvalue weighted by molar-refractivity contribution is 14.0. The second-order valence-corrected chi connectivity index (χ2v) is 8.62. The molecular formula is C24H33F2IN4O2. The van der Waals surface area contributed by atoms with Crippen molar-refractivity contribution in [3.63, 3.8) is 0 Å². The molecule has 1 unspecified atom stereocenters. The second kappa shape index (κ2) is 13.2. The highest BCUT2D eigenvalue weighted by Gasteiger charge is 2.21. The Bertz CT molecular complexity index is 867. The minimum absolute atomic E-state index is 0. The molecule has 2 fully saturated rings. The van der Waals surface area contributed by atoms with Crippen molar-refractivity contribution in [2.45, 2.75) is 38.3 Å². The van der Waals surface area contributed by atoms with Crippen LogP contribution < -0.4 is 10.6 Å². The van der Waals surface area contributed by atoms with Crippen molar-refractivity contribution in [2.24, 2.45) is 10.9 Å².